The molecule has 2 aromatic carbocycles. The van der Waals surface area contributed by atoms with Crippen molar-refractivity contribution < 1.29 is 14.3 Å². The number of hydrogen-bond donors (Lipinski definition) is 1. The van der Waals surface area contributed by atoms with Gasteiger partial charge in [-0.2, -0.15) is 0 Å². The number of carbonyl (C=O) groups excluding carboxylic acids is 1. The minimum absolute atomic E-state index is 0.125. The average molecular weight is 386 g/mol. The molecule has 0 radical (unpaired) electrons. The SMILES string of the molecule is CCOc1nc2cc(C)c(C)cc2nc1C(=O)Nc1ccc(OC)c(Cl)c1. The van der Waals surface area contributed by atoms with Gasteiger partial charge in [0, 0.05) is 5.69 Å². The van der Waals surface area contributed by atoms with Crippen LogP contribution in [0.1, 0.15) is 28.5 Å². The predicted octanol–water partition coefficient (Wildman–Crippen LogP) is 4.56. The number of nitrogens with zero attached hydrogens (tertiary/aromatic N) is 2. The highest BCUT2D eigenvalue weighted by Crippen LogP contribution is 2.28. The lowest BCUT2D eigenvalue weighted by atomic mass is 10.1. The molecule has 140 valence electrons. The van der Waals surface area contributed by atoms with E-state index in [9.17, 15) is 4.79 Å². The molecule has 1 heterocycles. The number of halogens is 1. The molecule has 0 fully saturated rings. The number of aromatic nitrogens is 2. The molecule has 0 bridgehead atoms. The summed E-state index contributed by atoms with van der Waals surface area (Å²) in [6.07, 6.45) is 0. The van der Waals surface area contributed by atoms with E-state index in [0.717, 1.165) is 11.1 Å². The molecule has 1 amide bonds. The van der Waals surface area contributed by atoms with Crippen LogP contribution in [0.15, 0.2) is 30.3 Å². The van der Waals surface area contributed by atoms with E-state index >= 15 is 0 Å². The zero-order chi connectivity index (χ0) is 19.6. The molecule has 0 saturated carbocycles. The summed E-state index contributed by atoms with van der Waals surface area (Å²) in [4.78, 5) is 21.8. The first-order chi connectivity index (χ1) is 12.9. The number of benzene rings is 2. The van der Waals surface area contributed by atoms with Crippen LogP contribution in [0, 0.1) is 13.8 Å². The summed E-state index contributed by atoms with van der Waals surface area (Å²) >= 11 is 6.12. The molecular formula is C20H20ClN3O3. The molecule has 7 heteroatoms. The third-order valence-electron chi connectivity index (χ3n) is 4.15. The Morgan fingerprint density at radius 3 is 2.37 bits per heavy atom. The van der Waals surface area contributed by atoms with Gasteiger partial charge in [-0.1, -0.05) is 11.6 Å². The maximum absolute atomic E-state index is 12.8. The van der Waals surface area contributed by atoms with Crippen molar-refractivity contribution in [1.82, 2.24) is 9.97 Å². The Balaban J connectivity index is 2.00. The average Bonchev–Trinajstić information content (AvgIpc) is 2.63. The number of carbonyl (C=O) groups is 1. The highest BCUT2D eigenvalue weighted by atomic mass is 35.5. The van der Waals surface area contributed by atoms with Crippen LogP contribution >= 0.6 is 11.6 Å². The van der Waals surface area contributed by atoms with Gasteiger partial charge in [-0.25, -0.2) is 9.97 Å². The maximum Gasteiger partial charge on any atom is 0.279 e. The first-order valence-electron chi connectivity index (χ1n) is 8.49. The van der Waals surface area contributed by atoms with E-state index in [0.29, 0.717) is 34.1 Å². The highest BCUT2D eigenvalue weighted by Gasteiger charge is 2.19. The molecule has 1 N–H and O–H groups in total. The Kier molecular flexibility index (Phi) is 5.46. The fraction of sp³-hybridized carbons (Fsp3) is 0.250. The topological polar surface area (TPSA) is 73.3 Å². The second-order valence-electron chi connectivity index (χ2n) is 6.04. The molecule has 0 aliphatic heterocycles. The molecule has 6 nitrogen and oxygen atoms in total. The first kappa shape index (κ1) is 18.9. The highest BCUT2D eigenvalue weighted by molar-refractivity contribution is 6.32. The predicted molar refractivity (Wildman–Crippen MR) is 106 cm³/mol. The Labute approximate surface area is 162 Å². The molecule has 0 aliphatic rings. The fourth-order valence-corrected chi connectivity index (χ4v) is 2.87. The monoisotopic (exact) mass is 385 g/mol. The quantitative estimate of drug-likeness (QED) is 0.696. The first-order valence-corrected chi connectivity index (χ1v) is 8.87. The van der Waals surface area contributed by atoms with Crippen molar-refractivity contribution in [2.24, 2.45) is 0 Å². The molecule has 0 aliphatic carbocycles. The summed E-state index contributed by atoms with van der Waals surface area (Å²) in [5.41, 5.74) is 4.15. The summed E-state index contributed by atoms with van der Waals surface area (Å²) in [6, 6.07) is 8.84. The van der Waals surface area contributed by atoms with Gasteiger partial charge in [0.05, 0.1) is 29.8 Å². The van der Waals surface area contributed by atoms with Crippen molar-refractivity contribution in [2.75, 3.05) is 19.0 Å². The van der Waals surface area contributed by atoms with Crippen molar-refractivity contribution in [3.63, 3.8) is 0 Å². The van der Waals surface area contributed by atoms with Gasteiger partial charge in [-0.3, -0.25) is 4.79 Å². The van der Waals surface area contributed by atoms with Gasteiger partial charge in [0.25, 0.3) is 5.91 Å². The number of aryl methyl sites for hydroxylation is 2. The summed E-state index contributed by atoms with van der Waals surface area (Å²) in [5, 5.41) is 3.18. The van der Waals surface area contributed by atoms with Crippen molar-refractivity contribution in [1.29, 1.82) is 0 Å². The third kappa shape index (κ3) is 3.95. The van der Waals surface area contributed by atoms with Crippen LogP contribution in [0.2, 0.25) is 5.02 Å². The van der Waals surface area contributed by atoms with Crippen LogP contribution in [0.3, 0.4) is 0 Å². The van der Waals surface area contributed by atoms with Crippen LogP contribution in [0.25, 0.3) is 11.0 Å². The van der Waals surface area contributed by atoms with Crippen molar-refractivity contribution in [2.45, 2.75) is 20.8 Å². The van der Waals surface area contributed by atoms with Crippen LogP contribution in [-0.4, -0.2) is 29.6 Å². The zero-order valence-corrected chi connectivity index (χ0v) is 16.3. The number of ether oxygens (including phenoxy) is 2. The molecule has 3 aromatic rings. The second-order valence-corrected chi connectivity index (χ2v) is 6.45. The molecule has 27 heavy (non-hydrogen) atoms. The molecular weight excluding hydrogens is 366 g/mol. The number of nitrogens with one attached hydrogen (secondary N) is 1. The lowest BCUT2D eigenvalue weighted by Gasteiger charge is -2.12. The smallest absolute Gasteiger partial charge is 0.279 e. The van der Waals surface area contributed by atoms with Crippen molar-refractivity contribution in [3.8, 4) is 11.6 Å². The number of fused-ring (bicyclic) bond motifs is 1. The van der Waals surface area contributed by atoms with Gasteiger partial charge in [0.2, 0.25) is 5.88 Å². The molecule has 3 rings (SSSR count). The minimum Gasteiger partial charge on any atom is -0.495 e. The van der Waals surface area contributed by atoms with Gasteiger partial charge < -0.3 is 14.8 Å². The molecule has 1 aromatic heterocycles. The van der Waals surface area contributed by atoms with E-state index in [4.69, 9.17) is 21.1 Å². The van der Waals surface area contributed by atoms with Gasteiger partial charge in [-0.15, -0.1) is 0 Å². The summed E-state index contributed by atoms with van der Waals surface area (Å²) < 4.78 is 10.7. The number of rotatable bonds is 5. The van der Waals surface area contributed by atoms with E-state index < -0.39 is 5.91 Å². The zero-order valence-electron chi connectivity index (χ0n) is 15.6. The Hall–Kier alpha value is -2.86. The lowest BCUT2D eigenvalue weighted by molar-refractivity contribution is 0.101. The van der Waals surface area contributed by atoms with Crippen molar-refractivity contribution >= 4 is 34.2 Å². The molecule has 0 atom stereocenters. The lowest BCUT2D eigenvalue weighted by Crippen LogP contribution is -2.17. The van der Waals surface area contributed by atoms with Gasteiger partial charge in [0.1, 0.15) is 5.75 Å². The van der Waals surface area contributed by atoms with E-state index in [2.05, 4.69) is 15.3 Å². The molecule has 0 saturated heterocycles. The van der Waals surface area contributed by atoms with E-state index in [1.54, 1.807) is 18.2 Å². The maximum atomic E-state index is 12.8. The number of anilines is 1. The normalized spacial score (nSPS) is 10.7. The number of hydrogen-bond acceptors (Lipinski definition) is 5. The third-order valence-corrected chi connectivity index (χ3v) is 4.45. The Morgan fingerprint density at radius 1 is 1.11 bits per heavy atom. The largest absolute Gasteiger partial charge is 0.495 e. The van der Waals surface area contributed by atoms with Crippen LogP contribution in [-0.2, 0) is 0 Å². The molecule has 0 unspecified atom stereocenters. The number of methoxy groups -OCH3 is 1. The summed E-state index contributed by atoms with van der Waals surface area (Å²) in [5.74, 6) is 0.304. The molecule has 0 spiro atoms. The number of amides is 1. The van der Waals surface area contributed by atoms with Crippen LogP contribution in [0.5, 0.6) is 11.6 Å². The summed E-state index contributed by atoms with van der Waals surface area (Å²) in [6.45, 7) is 6.20. The van der Waals surface area contributed by atoms with Gasteiger partial charge in [-0.05, 0) is 62.2 Å². The van der Waals surface area contributed by atoms with Crippen LogP contribution < -0.4 is 14.8 Å². The van der Waals surface area contributed by atoms with E-state index in [-0.39, 0.29) is 11.6 Å². The minimum atomic E-state index is -0.424. The van der Waals surface area contributed by atoms with E-state index in [1.807, 2.05) is 32.9 Å². The fourth-order valence-electron chi connectivity index (χ4n) is 2.62. The van der Waals surface area contributed by atoms with Crippen LogP contribution in [0.4, 0.5) is 5.69 Å². The van der Waals surface area contributed by atoms with E-state index in [1.165, 1.54) is 7.11 Å². The van der Waals surface area contributed by atoms with Gasteiger partial charge >= 0.3 is 0 Å². The Bertz CT molecular complexity index is 1020. The standard InChI is InChI=1S/C20H20ClN3O3/c1-5-27-20-18(23-15-8-11(2)12(3)9-16(15)24-20)19(25)22-13-6-7-17(26-4)14(21)10-13/h6-10H,5H2,1-4H3,(H,22,25). The Morgan fingerprint density at radius 2 is 1.78 bits per heavy atom. The van der Waals surface area contributed by atoms with Gasteiger partial charge in [0.15, 0.2) is 5.69 Å². The second kappa shape index (κ2) is 7.80. The van der Waals surface area contributed by atoms with Crippen molar-refractivity contribution in [3.05, 3.63) is 52.2 Å². The summed E-state index contributed by atoms with van der Waals surface area (Å²) in [7, 11) is 1.53.